The zero-order valence-electron chi connectivity index (χ0n) is 10.4. The summed E-state index contributed by atoms with van der Waals surface area (Å²) in [6.45, 7) is 4.09. The van der Waals surface area contributed by atoms with Crippen molar-refractivity contribution in [3.63, 3.8) is 0 Å². The summed E-state index contributed by atoms with van der Waals surface area (Å²) in [5, 5.41) is 4.40. The monoisotopic (exact) mass is 234 g/mol. The summed E-state index contributed by atoms with van der Waals surface area (Å²) in [6, 6.07) is 1.97. The molecule has 0 amide bonds. The molecule has 5 nitrogen and oxygen atoms in total. The van der Waals surface area contributed by atoms with E-state index >= 15 is 0 Å². The smallest absolute Gasteiger partial charge is 0.0950 e. The number of hydrogen-bond acceptors (Lipinski definition) is 4. The van der Waals surface area contributed by atoms with E-state index in [9.17, 15) is 0 Å². The van der Waals surface area contributed by atoms with Crippen molar-refractivity contribution in [1.82, 2.24) is 15.2 Å². The molecule has 2 heterocycles. The first kappa shape index (κ1) is 11.9. The summed E-state index contributed by atoms with van der Waals surface area (Å²) in [5.74, 6) is 5.60. The Hall–Kier alpha value is -1.59. The molecule has 0 radical (unpaired) electrons. The van der Waals surface area contributed by atoms with Crippen molar-refractivity contribution >= 4 is 0 Å². The number of hydrazine groups is 1. The number of rotatable bonds is 4. The van der Waals surface area contributed by atoms with Gasteiger partial charge in [-0.2, -0.15) is 5.10 Å². The minimum atomic E-state index is 0.0512. The van der Waals surface area contributed by atoms with E-state index in [0.717, 1.165) is 17.7 Å². The highest BCUT2D eigenvalue weighted by Crippen LogP contribution is 2.22. The van der Waals surface area contributed by atoms with Crippen molar-refractivity contribution in [3.05, 3.63) is 41.1 Å². The predicted octanol–water partition coefficient (Wildman–Crippen LogP) is 1.38. The normalized spacial score (nSPS) is 12.9. The van der Waals surface area contributed by atoms with Gasteiger partial charge in [-0.25, -0.2) is 0 Å². The van der Waals surface area contributed by atoms with E-state index in [4.69, 9.17) is 10.3 Å². The molecule has 2 rings (SSSR count). The van der Waals surface area contributed by atoms with Gasteiger partial charge in [0, 0.05) is 18.3 Å². The molecule has 0 aliphatic heterocycles. The molecule has 0 saturated carbocycles. The first-order valence-corrected chi connectivity index (χ1v) is 5.60. The van der Waals surface area contributed by atoms with Crippen LogP contribution in [0.1, 0.15) is 28.6 Å². The van der Waals surface area contributed by atoms with Gasteiger partial charge in [0.25, 0.3) is 0 Å². The van der Waals surface area contributed by atoms with Crippen LogP contribution in [-0.2, 0) is 13.5 Å². The largest absolute Gasteiger partial charge is 0.472 e. The first-order chi connectivity index (χ1) is 8.13. The van der Waals surface area contributed by atoms with E-state index < -0.39 is 0 Å². The maximum absolute atomic E-state index is 5.60. The van der Waals surface area contributed by atoms with Crippen LogP contribution in [0, 0.1) is 13.8 Å². The zero-order chi connectivity index (χ0) is 12.4. The van der Waals surface area contributed by atoms with Crippen LogP contribution in [0.5, 0.6) is 0 Å². The molecular weight excluding hydrogens is 216 g/mol. The fourth-order valence-corrected chi connectivity index (χ4v) is 2.06. The average molecular weight is 234 g/mol. The van der Waals surface area contributed by atoms with E-state index in [2.05, 4.69) is 17.4 Å². The summed E-state index contributed by atoms with van der Waals surface area (Å²) in [5.41, 5.74) is 7.33. The van der Waals surface area contributed by atoms with Crippen LogP contribution < -0.4 is 11.3 Å². The third-order valence-corrected chi connectivity index (χ3v) is 3.21. The second kappa shape index (κ2) is 4.73. The summed E-state index contributed by atoms with van der Waals surface area (Å²) >= 11 is 0. The highest BCUT2D eigenvalue weighted by atomic mass is 16.3. The second-order valence-corrected chi connectivity index (χ2v) is 4.25. The Labute approximate surface area is 101 Å². The van der Waals surface area contributed by atoms with Crippen LogP contribution >= 0.6 is 0 Å². The van der Waals surface area contributed by atoms with Gasteiger partial charge < -0.3 is 4.42 Å². The van der Waals surface area contributed by atoms with Crippen molar-refractivity contribution < 1.29 is 4.42 Å². The van der Waals surface area contributed by atoms with Crippen LogP contribution in [-0.4, -0.2) is 9.78 Å². The van der Waals surface area contributed by atoms with E-state index in [1.54, 1.807) is 12.5 Å². The number of nitrogens with zero attached hydrogens (tertiary/aromatic N) is 2. The van der Waals surface area contributed by atoms with Crippen LogP contribution in [0.3, 0.4) is 0 Å². The van der Waals surface area contributed by atoms with Gasteiger partial charge in [0.2, 0.25) is 0 Å². The van der Waals surface area contributed by atoms with Gasteiger partial charge in [-0.05, 0) is 31.9 Å². The van der Waals surface area contributed by atoms with Gasteiger partial charge in [0.05, 0.1) is 24.3 Å². The van der Waals surface area contributed by atoms with Gasteiger partial charge >= 0.3 is 0 Å². The molecule has 0 bridgehead atoms. The van der Waals surface area contributed by atoms with E-state index in [-0.39, 0.29) is 6.04 Å². The number of nitrogens with two attached hydrogens (primary N) is 1. The lowest BCUT2D eigenvalue weighted by Crippen LogP contribution is -2.29. The highest BCUT2D eigenvalue weighted by molar-refractivity contribution is 5.27. The van der Waals surface area contributed by atoms with E-state index in [0.29, 0.717) is 0 Å². The van der Waals surface area contributed by atoms with Crippen LogP contribution in [0.4, 0.5) is 0 Å². The van der Waals surface area contributed by atoms with Crippen molar-refractivity contribution in [2.75, 3.05) is 0 Å². The fourth-order valence-electron chi connectivity index (χ4n) is 2.06. The van der Waals surface area contributed by atoms with Gasteiger partial charge in [-0.15, -0.1) is 0 Å². The zero-order valence-corrected chi connectivity index (χ0v) is 10.4. The quantitative estimate of drug-likeness (QED) is 0.619. The van der Waals surface area contributed by atoms with Crippen molar-refractivity contribution in [2.24, 2.45) is 12.9 Å². The minimum absolute atomic E-state index is 0.0512. The second-order valence-electron chi connectivity index (χ2n) is 4.25. The molecule has 0 spiro atoms. The summed E-state index contributed by atoms with van der Waals surface area (Å²) in [6.07, 6.45) is 4.18. The van der Waals surface area contributed by atoms with Crippen molar-refractivity contribution in [3.8, 4) is 0 Å². The predicted molar refractivity (Wildman–Crippen MR) is 65.2 cm³/mol. The maximum Gasteiger partial charge on any atom is 0.0950 e. The Morgan fingerprint density at radius 3 is 2.76 bits per heavy atom. The number of aryl methyl sites for hydroxylation is 2. The Kier molecular flexibility index (Phi) is 3.31. The van der Waals surface area contributed by atoms with E-state index in [1.165, 1.54) is 11.3 Å². The van der Waals surface area contributed by atoms with Gasteiger partial charge in [-0.1, -0.05) is 0 Å². The van der Waals surface area contributed by atoms with Crippen molar-refractivity contribution in [2.45, 2.75) is 26.3 Å². The third kappa shape index (κ3) is 2.25. The van der Waals surface area contributed by atoms with Gasteiger partial charge in [-0.3, -0.25) is 16.0 Å². The molecule has 17 heavy (non-hydrogen) atoms. The number of nitrogens with one attached hydrogen (secondary N) is 1. The lowest BCUT2D eigenvalue weighted by molar-refractivity contribution is 0.524. The topological polar surface area (TPSA) is 69.0 Å². The van der Waals surface area contributed by atoms with Crippen LogP contribution in [0.15, 0.2) is 23.0 Å². The first-order valence-electron chi connectivity index (χ1n) is 5.60. The standard InChI is InChI=1S/C12H18N4O/c1-8-11(9(2)16(3)15-8)6-12(14-13)10-4-5-17-7-10/h4-5,7,12,14H,6,13H2,1-3H3. The molecule has 92 valence electrons. The maximum atomic E-state index is 5.60. The number of furan rings is 1. The minimum Gasteiger partial charge on any atom is -0.472 e. The average Bonchev–Trinajstić information content (AvgIpc) is 2.89. The summed E-state index contributed by atoms with van der Waals surface area (Å²) in [7, 11) is 1.95. The molecule has 1 atom stereocenters. The van der Waals surface area contributed by atoms with Gasteiger partial charge in [0.1, 0.15) is 0 Å². The lowest BCUT2D eigenvalue weighted by atomic mass is 10.0. The molecule has 0 saturated heterocycles. The number of aromatic nitrogens is 2. The van der Waals surface area contributed by atoms with Gasteiger partial charge in [0.15, 0.2) is 0 Å². The Morgan fingerprint density at radius 2 is 2.29 bits per heavy atom. The third-order valence-electron chi connectivity index (χ3n) is 3.21. The molecule has 0 aliphatic carbocycles. The Bertz CT molecular complexity index is 487. The summed E-state index contributed by atoms with van der Waals surface area (Å²) in [4.78, 5) is 0. The van der Waals surface area contributed by atoms with E-state index in [1.807, 2.05) is 24.7 Å². The Balaban J connectivity index is 2.24. The summed E-state index contributed by atoms with van der Waals surface area (Å²) < 4.78 is 6.98. The molecule has 2 aromatic heterocycles. The van der Waals surface area contributed by atoms with Crippen LogP contribution in [0.25, 0.3) is 0 Å². The van der Waals surface area contributed by atoms with Crippen molar-refractivity contribution in [1.29, 1.82) is 0 Å². The van der Waals surface area contributed by atoms with Crippen LogP contribution in [0.2, 0.25) is 0 Å². The molecule has 0 aromatic carbocycles. The molecule has 0 aliphatic rings. The fraction of sp³-hybridized carbons (Fsp3) is 0.417. The molecule has 2 aromatic rings. The molecule has 0 fully saturated rings. The molecular formula is C12H18N4O. The number of hydrogen-bond donors (Lipinski definition) is 2. The molecule has 1 unspecified atom stereocenters. The highest BCUT2D eigenvalue weighted by Gasteiger charge is 2.17. The Morgan fingerprint density at radius 1 is 1.53 bits per heavy atom. The lowest BCUT2D eigenvalue weighted by Gasteiger charge is -2.14. The SMILES string of the molecule is Cc1nn(C)c(C)c1CC(NN)c1ccoc1. The molecule has 5 heteroatoms. The molecule has 3 N–H and O–H groups in total.